The number of hydrogen-bond donors (Lipinski definition) is 6. The first kappa shape index (κ1) is 56.3. The number of ether oxygens (including phenoxy) is 2. The minimum atomic E-state index is -5.13. The fraction of sp³-hybridized carbons (Fsp3) is 0.702. The molecule has 6 N–H and O–H groups in total. The lowest BCUT2D eigenvalue weighted by Crippen LogP contribution is -2.64. The molecule has 0 aromatic rings. The fourth-order valence-corrected chi connectivity index (χ4v) is 7.34. The Morgan fingerprint density at radius 2 is 0.934 bits per heavy atom. The van der Waals surface area contributed by atoms with Crippen LogP contribution < -0.4 is 0 Å². The summed E-state index contributed by atoms with van der Waals surface area (Å²) in [4.78, 5) is 35.7. The van der Waals surface area contributed by atoms with Gasteiger partial charge < -0.3 is 39.9 Å². The van der Waals surface area contributed by atoms with Crippen LogP contribution in [0.3, 0.4) is 0 Å². The van der Waals surface area contributed by atoms with Gasteiger partial charge in [0.1, 0.15) is 43.2 Å². The maximum absolute atomic E-state index is 12.8. The number of phosphoric ester groups is 1. The van der Waals surface area contributed by atoms with Crippen molar-refractivity contribution in [3.05, 3.63) is 72.9 Å². The van der Waals surface area contributed by atoms with Gasteiger partial charge in [0.2, 0.25) is 0 Å². The van der Waals surface area contributed by atoms with Crippen LogP contribution in [0.2, 0.25) is 0 Å². The van der Waals surface area contributed by atoms with E-state index in [1.54, 1.807) is 0 Å². The average molecular weight is 883 g/mol. The van der Waals surface area contributed by atoms with Crippen LogP contribution in [0.5, 0.6) is 0 Å². The van der Waals surface area contributed by atoms with Gasteiger partial charge in [-0.2, -0.15) is 0 Å². The highest BCUT2D eigenvalue weighted by Crippen LogP contribution is 2.47. The van der Waals surface area contributed by atoms with E-state index in [1.807, 2.05) is 0 Å². The molecule has 0 aromatic heterocycles. The molecule has 6 unspecified atom stereocenters. The van der Waals surface area contributed by atoms with Gasteiger partial charge in [-0.3, -0.25) is 18.6 Å². The smallest absolute Gasteiger partial charge is 0.462 e. The standard InChI is InChI=1S/C47H79O13P/c1-3-5-7-9-11-13-15-17-19-20-22-23-25-27-29-31-33-35-40(48)57-37-39(38-58-61(55,56)60-47-45(53)43(51)42(50)44(52)46(47)54)59-41(49)36-34-32-30-28-26-24-21-18-16-14-12-10-8-6-4-2/h6,8,11-14,17-19,21-23,39,42-47,50-54H,3-5,7,9-10,15-16,20,24-38H2,1-2H3,(H,55,56)/b8-6+,13-11+,14-12+,19-17+,21-18+,23-22+/t39-,42?,43-,44?,45?,46?,47?/m0/s1. The van der Waals surface area contributed by atoms with Crippen molar-refractivity contribution < 1.29 is 63.1 Å². The summed E-state index contributed by atoms with van der Waals surface area (Å²) in [5, 5.41) is 50.1. The lowest BCUT2D eigenvalue weighted by molar-refractivity contribution is -0.220. The zero-order chi connectivity index (χ0) is 45.0. The van der Waals surface area contributed by atoms with Crippen molar-refractivity contribution in [3.8, 4) is 0 Å². The van der Waals surface area contributed by atoms with Crippen LogP contribution in [0.15, 0.2) is 72.9 Å². The number of aliphatic hydroxyl groups is 5. The van der Waals surface area contributed by atoms with Gasteiger partial charge in [0.25, 0.3) is 0 Å². The van der Waals surface area contributed by atoms with Gasteiger partial charge in [0.05, 0.1) is 6.61 Å². The molecule has 0 aromatic carbocycles. The van der Waals surface area contributed by atoms with E-state index in [4.69, 9.17) is 18.5 Å². The molecule has 1 rings (SSSR count). The molecule has 61 heavy (non-hydrogen) atoms. The van der Waals surface area contributed by atoms with Crippen LogP contribution in [0, 0.1) is 0 Å². The Hall–Kier alpha value is -2.71. The van der Waals surface area contributed by atoms with E-state index >= 15 is 0 Å². The minimum Gasteiger partial charge on any atom is -0.462 e. The second-order valence-corrected chi connectivity index (χ2v) is 16.9. The molecule has 1 aliphatic rings. The van der Waals surface area contributed by atoms with Crippen molar-refractivity contribution in [2.75, 3.05) is 13.2 Å². The topological polar surface area (TPSA) is 210 Å². The number of allylic oxidation sites excluding steroid dienone is 12. The average Bonchev–Trinajstić information content (AvgIpc) is 3.24. The zero-order valence-electron chi connectivity index (χ0n) is 36.9. The molecule has 1 saturated carbocycles. The van der Waals surface area contributed by atoms with Crippen LogP contribution in [-0.2, 0) is 32.7 Å². The predicted molar refractivity (Wildman–Crippen MR) is 239 cm³/mol. The highest BCUT2D eigenvalue weighted by atomic mass is 31.2. The van der Waals surface area contributed by atoms with Crippen molar-refractivity contribution in [1.29, 1.82) is 0 Å². The molecule has 0 saturated heterocycles. The molecule has 0 aliphatic heterocycles. The van der Waals surface area contributed by atoms with Crippen LogP contribution >= 0.6 is 7.82 Å². The Morgan fingerprint density at radius 1 is 0.525 bits per heavy atom. The van der Waals surface area contributed by atoms with Gasteiger partial charge in [0.15, 0.2) is 6.10 Å². The Kier molecular flexibility index (Phi) is 33.9. The Balaban J connectivity index is 2.50. The zero-order valence-corrected chi connectivity index (χ0v) is 37.8. The molecule has 8 atom stereocenters. The van der Waals surface area contributed by atoms with Gasteiger partial charge in [0, 0.05) is 12.8 Å². The third-order valence-corrected chi connectivity index (χ3v) is 11.0. The quantitative estimate of drug-likeness (QED) is 0.0151. The SMILES string of the molecule is CC/C=C/C/C=C/C/C=C/CCCCCCCC(=O)O[C@@H](COC(=O)CCCCCC/C=C/C/C=C/C/C=C/CCCCC)COP(=O)(O)OC1C(O)C(O)C(O)[C@H](O)C1O. The Bertz CT molecular complexity index is 1340. The van der Waals surface area contributed by atoms with Crippen molar-refractivity contribution in [1.82, 2.24) is 0 Å². The first-order valence-corrected chi connectivity index (χ1v) is 24.2. The second-order valence-electron chi connectivity index (χ2n) is 15.5. The van der Waals surface area contributed by atoms with Gasteiger partial charge in [-0.05, 0) is 83.5 Å². The molecule has 13 nitrogen and oxygen atoms in total. The summed E-state index contributed by atoms with van der Waals surface area (Å²) in [6, 6.07) is 0. The summed E-state index contributed by atoms with van der Waals surface area (Å²) >= 11 is 0. The number of unbranched alkanes of at least 4 members (excludes halogenated alkanes) is 12. The number of aliphatic hydroxyl groups excluding tert-OH is 5. The molecule has 0 spiro atoms. The maximum atomic E-state index is 12.8. The van der Waals surface area contributed by atoms with Crippen molar-refractivity contribution in [2.24, 2.45) is 0 Å². The summed E-state index contributed by atoms with van der Waals surface area (Å²) in [5.74, 6) is -1.15. The molecule has 14 heteroatoms. The Morgan fingerprint density at radius 3 is 1.43 bits per heavy atom. The largest absolute Gasteiger partial charge is 0.472 e. The van der Waals surface area contributed by atoms with E-state index in [0.29, 0.717) is 12.8 Å². The number of carbonyl (C=O) groups is 2. The molecule has 0 heterocycles. The lowest BCUT2D eigenvalue weighted by Gasteiger charge is -2.41. The van der Waals surface area contributed by atoms with E-state index in [-0.39, 0.29) is 12.8 Å². The molecule has 350 valence electrons. The molecule has 0 bridgehead atoms. The Labute approximate surface area is 365 Å². The van der Waals surface area contributed by atoms with Gasteiger partial charge >= 0.3 is 19.8 Å². The van der Waals surface area contributed by atoms with Crippen LogP contribution in [0.1, 0.15) is 155 Å². The van der Waals surface area contributed by atoms with Crippen molar-refractivity contribution >= 4 is 19.8 Å². The van der Waals surface area contributed by atoms with E-state index in [0.717, 1.165) is 96.3 Å². The summed E-state index contributed by atoms with van der Waals surface area (Å²) in [6.07, 6.45) is 32.4. The van der Waals surface area contributed by atoms with E-state index in [2.05, 4.69) is 86.8 Å². The number of phosphoric acid groups is 1. The molecule has 0 radical (unpaired) electrons. The number of hydrogen-bond acceptors (Lipinski definition) is 12. The van der Waals surface area contributed by atoms with E-state index in [1.165, 1.54) is 19.3 Å². The first-order chi connectivity index (χ1) is 29.4. The summed E-state index contributed by atoms with van der Waals surface area (Å²) in [5.41, 5.74) is 0. The predicted octanol–water partition coefficient (Wildman–Crippen LogP) is 8.72. The first-order valence-electron chi connectivity index (χ1n) is 22.7. The molecule has 1 fully saturated rings. The van der Waals surface area contributed by atoms with Crippen molar-refractivity contribution in [3.63, 3.8) is 0 Å². The highest BCUT2D eigenvalue weighted by Gasteiger charge is 2.51. The number of carbonyl (C=O) groups excluding carboxylic acids is 2. The molecule has 0 amide bonds. The van der Waals surface area contributed by atoms with E-state index < -0.39 is 75.7 Å². The van der Waals surface area contributed by atoms with Crippen LogP contribution in [0.4, 0.5) is 0 Å². The highest BCUT2D eigenvalue weighted by molar-refractivity contribution is 7.47. The van der Waals surface area contributed by atoms with E-state index in [9.17, 15) is 44.6 Å². The second kappa shape index (κ2) is 36.7. The summed E-state index contributed by atoms with van der Waals surface area (Å²) in [6.45, 7) is 3.11. The molecule has 1 aliphatic carbocycles. The minimum absolute atomic E-state index is 0.0682. The maximum Gasteiger partial charge on any atom is 0.472 e. The lowest BCUT2D eigenvalue weighted by atomic mass is 9.85. The normalized spacial score (nSPS) is 22.7. The van der Waals surface area contributed by atoms with Gasteiger partial charge in [-0.25, -0.2) is 4.57 Å². The number of esters is 2. The molecular formula is C47H79O13P. The fourth-order valence-electron chi connectivity index (χ4n) is 6.37. The van der Waals surface area contributed by atoms with Crippen LogP contribution in [-0.4, -0.2) is 98.3 Å². The van der Waals surface area contributed by atoms with Gasteiger partial charge in [-0.1, -0.05) is 132 Å². The summed E-state index contributed by atoms with van der Waals surface area (Å²) < 4.78 is 33.5. The third-order valence-electron chi connectivity index (χ3n) is 10.0. The van der Waals surface area contributed by atoms with Crippen LogP contribution in [0.25, 0.3) is 0 Å². The van der Waals surface area contributed by atoms with Gasteiger partial charge in [-0.15, -0.1) is 0 Å². The monoisotopic (exact) mass is 883 g/mol. The third kappa shape index (κ3) is 29.3. The summed E-state index contributed by atoms with van der Waals surface area (Å²) in [7, 11) is -5.13. The molecular weight excluding hydrogens is 803 g/mol. The van der Waals surface area contributed by atoms with Crippen molar-refractivity contribution in [2.45, 2.75) is 198 Å². The number of rotatable bonds is 36.